The van der Waals surface area contributed by atoms with Crippen LogP contribution >= 0.6 is 11.8 Å². The summed E-state index contributed by atoms with van der Waals surface area (Å²) in [6, 6.07) is 2.85. The van der Waals surface area contributed by atoms with Gasteiger partial charge in [0.2, 0.25) is 0 Å². The molecule has 0 amide bonds. The van der Waals surface area contributed by atoms with E-state index < -0.39 is 0 Å². The van der Waals surface area contributed by atoms with Crippen LogP contribution in [0.3, 0.4) is 0 Å². The lowest BCUT2D eigenvalue weighted by Crippen LogP contribution is -2.33. The molecule has 1 aliphatic rings. The normalized spacial score (nSPS) is 17.7. The SMILES string of the molecule is CCNC(CSc1cc(C)nn1C)C1CC1. The lowest BCUT2D eigenvalue weighted by Gasteiger charge is -2.16. The molecule has 0 aliphatic heterocycles. The van der Waals surface area contributed by atoms with Gasteiger partial charge in [-0.2, -0.15) is 5.10 Å². The van der Waals surface area contributed by atoms with Gasteiger partial charge in [0, 0.05) is 18.8 Å². The van der Waals surface area contributed by atoms with Crippen LogP contribution in [0.25, 0.3) is 0 Å². The summed E-state index contributed by atoms with van der Waals surface area (Å²) in [5, 5.41) is 9.24. The highest BCUT2D eigenvalue weighted by Crippen LogP contribution is 2.35. The Labute approximate surface area is 102 Å². The first kappa shape index (κ1) is 12.0. The van der Waals surface area contributed by atoms with Crippen LogP contribution in [0, 0.1) is 12.8 Å². The van der Waals surface area contributed by atoms with Gasteiger partial charge >= 0.3 is 0 Å². The largest absolute Gasteiger partial charge is 0.313 e. The second-order valence-corrected chi connectivity index (χ2v) is 5.60. The van der Waals surface area contributed by atoms with E-state index in [2.05, 4.69) is 23.4 Å². The Morgan fingerprint density at radius 1 is 1.62 bits per heavy atom. The summed E-state index contributed by atoms with van der Waals surface area (Å²) in [5.74, 6) is 2.08. The molecule has 0 spiro atoms. The molecular formula is C12H21N3S. The summed E-state index contributed by atoms with van der Waals surface area (Å²) in [6.45, 7) is 5.31. The number of aromatic nitrogens is 2. The van der Waals surface area contributed by atoms with Crippen LogP contribution in [-0.2, 0) is 7.05 Å². The van der Waals surface area contributed by atoms with Gasteiger partial charge < -0.3 is 5.32 Å². The predicted molar refractivity (Wildman–Crippen MR) is 68.9 cm³/mol. The molecular weight excluding hydrogens is 218 g/mol. The first-order valence-electron chi connectivity index (χ1n) is 6.07. The fraction of sp³-hybridized carbons (Fsp3) is 0.750. The van der Waals surface area contributed by atoms with Gasteiger partial charge in [0.1, 0.15) is 0 Å². The van der Waals surface area contributed by atoms with Gasteiger partial charge in [-0.1, -0.05) is 6.92 Å². The highest BCUT2D eigenvalue weighted by atomic mass is 32.2. The van der Waals surface area contributed by atoms with Crippen LogP contribution in [0.4, 0.5) is 0 Å². The molecule has 1 aromatic rings. The maximum Gasteiger partial charge on any atom is 0.0939 e. The molecule has 0 aromatic carbocycles. The van der Waals surface area contributed by atoms with Gasteiger partial charge in [-0.05, 0) is 38.3 Å². The van der Waals surface area contributed by atoms with Crippen molar-refractivity contribution in [3.63, 3.8) is 0 Å². The van der Waals surface area contributed by atoms with Gasteiger partial charge in [0.05, 0.1) is 10.7 Å². The number of aryl methyl sites for hydroxylation is 2. The average molecular weight is 239 g/mol. The minimum atomic E-state index is 0.685. The Morgan fingerprint density at radius 2 is 2.38 bits per heavy atom. The molecule has 4 heteroatoms. The molecule has 1 N–H and O–H groups in total. The van der Waals surface area contributed by atoms with Crippen LogP contribution in [0.1, 0.15) is 25.5 Å². The number of nitrogens with one attached hydrogen (secondary N) is 1. The van der Waals surface area contributed by atoms with E-state index in [0.717, 1.165) is 23.9 Å². The topological polar surface area (TPSA) is 29.9 Å². The van der Waals surface area contributed by atoms with Crippen molar-refractivity contribution in [3.05, 3.63) is 11.8 Å². The van der Waals surface area contributed by atoms with Crippen molar-refractivity contribution >= 4 is 11.8 Å². The molecule has 1 atom stereocenters. The molecule has 90 valence electrons. The third-order valence-electron chi connectivity index (χ3n) is 3.03. The molecule has 1 saturated carbocycles. The van der Waals surface area contributed by atoms with E-state index in [0.29, 0.717) is 6.04 Å². The van der Waals surface area contributed by atoms with Crippen molar-refractivity contribution in [1.82, 2.24) is 15.1 Å². The number of nitrogens with zero attached hydrogens (tertiary/aromatic N) is 2. The lowest BCUT2D eigenvalue weighted by atomic mass is 10.2. The lowest BCUT2D eigenvalue weighted by molar-refractivity contribution is 0.519. The zero-order valence-electron chi connectivity index (χ0n) is 10.4. The van der Waals surface area contributed by atoms with E-state index >= 15 is 0 Å². The maximum absolute atomic E-state index is 4.37. The van der Waals surface area contributed by atoms with Crippen LogP contribution in [0.5, 0.6) is 0 Å². The van der Waals surface area contributed by atoms with Gasteiger partial charge in [0.15, 0.2) is 0 Å². The number of thioether (sulfide) groups is 1. The molecule has 3 nitrogen and oxygen atoms in total. The Bertz CT molecular complexity index is 344. The minimum absolute atomic E-state index is 0.685. The van der Waals surface area contributed by atoms with Crippen molar-refractivity contribution in [2.45, 2.75) is 37.8 Å². The highest BCUT2D eigenvalue weighted by Gasteiger charge is 2.30. The van der Waals surface area contributed by atoms with Gasteiger partial charge in [-0.3, -0.25) is 4.68 Å². The number of hydrogen-bond acceptors (Lipinski definition) is 3. The summed E-state index contributed by atoms with van der Waals surface area (Å²) >= 11 is 1.92. The van der Waals surface area contributed by atoms with Gasteiger partial charge in [-0.15, -0.1) is 11.8 Å². The molecule has 1 aromatic heterocycles. The van der Waals surface area contributed by atoms with Crippen molar-refractivity contribution in [2.24, 2.45) is 13.0 Å². The van der Waals surface area contributed by atoms with Crippen molar-refractivity contribution < 1.29 is 0 Å². The van der Waals surface area contributed by atoms with E-state index in [4.69, 9.17) is 0 Å². The van der Waals surface area contributed by atoms with Crippen LogP contribution in [0.2, 0.25) is 0 Å². The fourth-order valence-electron chi connectivity index (χ4n) is 2.02. The molecule has 16 heavy (non-hydrogen) atoms. The summed E-state index contributed by atoms with van der Waals surface area (Å²) in [5.41, 5.74) is 1.11. The molecule has 0 bridgehead atoms. The molecule has 1 unspecified atom stereocenters. The molecule has 2 rings (SSSR count). The van der Waals surface area contributed by atoms with Gasteiger partial charge in [0.25, 0.3) is 0 Å². The summed E-state index contributed by atoms with van der Waals surface area (Å²) in [4.78, 5) is 0. The fourth-order valence-corrected chi connectivity index (χ4v) is 3.24. The smallest absolute Gasteiger partial charge is 0.0939 e. The monoisotopic (exact) mass is 239 g/mol. The van der Waals surface area contributed by atoms with Gasteiger partial charge in [-0.25, -0.2) is 0 Å². The molecule has 0 radical (unpaired) electrons. The van der Waals surface area contributed by atoms with Crippen molar-refractivity contribution in [2.75, 3.05) is 12.3 Å². The molecule has 1 aliphatic carbocycles. The number of rotatable bonds is 6. The minimum Gasteiger partial charge on any atom is -0.313 e. The Hall–Kier alpha value is -0.480. The zero-order chi connectivity index (χ0) is 11.5. The standard InChI is InChI=1S/C12H21N3S/c1-4-13-11(10-5-6-10)8-16-12-7-9(2)14-15(12)3/h7,10-11,13H,4-6,8H2,1-3H3. The number of hydrogen-bond donors (Lipinski definition) is 1. The third kappa shape index (κ3) is 3.01. The van der Waals surface area contributed by atoms with Crippen LogP contribution in [-0.4, -0.2) is 28.1 Å². The summed E-state index contributed by atoms with van der Waals surface area (Å²) < 4.78 is 1.98. The Balaban J connectivity index is 1.87. The second kappa shape index (κ2) is 5.23. The van der Waals surface area contributed by atoms with E-state index in [1.807, 2.05) is 30.4 Å². The third-order valence-corrected chi connectivity index (χ3v) is 4.23. The van der Waals surface area contributed by atoms with E-state index in [1.165, 1.54) is 17.9 Å². The Kier molecular flexibility index (Phi) is 3.92. The highest BCUT2D eigenvalue weighted by molar-refractivity contribution is 7.99. The van der Waals surface area contributed by atoms with E-state index in [-0.39, 0.29) is 0 Å². The Morgan fingerprint density at radius 3 is 2.88 bits per heavy atom. The second-order valence-electron chi connectivity index (χ2n) is 4.56. The average Bonchev–Trinajstić information content (AvgIpc) is 3.01. The quantitative estimate of drug-likeness (QED) is 0.772. The van der Waals surface area contributed by atoms with E-state index in [9.17, 15) is 0 Å². The first-order valence-corrected chi connectivity index (χ1v) is 7.06. The van der Waals surface area contributed by atoms with Crippen LogP contribution < -0.4 is 5.32 Å². The van der Waals surface area contributed by atoms with E-state index in [1.54, 1.807) is 0 Å². The molecule has 0 saturated heterocycles. The molecule has 1 heterocycles. The van der Waals surface area contributed by atoms with Crippen molar-refractivity contribution in [3.8, 4) is 0 Å². The maximum atomic E-state index is 4.37. The van der Waals surface area contributed by atoms with Crippen molar-refractivity contribution in [1.29, 1.82) is 0 Å². The predicted octanol–water partition coefficient (Wildman–Crippen LogP) is 2.21. The zero-order valence-corrected chi connectivity index (χ0v) is 11.2. The molecule has 1 fully saturated rings. The van der Waals surface area contributed by atoms with Crippen LogP contribution in [0.15, 0.2) is 11.1 Å². The summed E-state index contributed by atoms with van der Waals surface area (Å²) in [7, 11) is 2.02. The first-order chi connectivity index (χ1) is 7.70. The summed E-state index contributed by atoms with van der Waals surface area (Å²) in [6.07, 6.45) is 2.81.